The van der Waals surface area contributed by atoms with Crippen LogP contribution >= 0.6 is 27.3 Å². The summed E-state index contributed by atoms with van der Waals surface area (Å²) < 4.78 is 27.5. The molecule has 0 aliphatic rings. The molecule has 1 heterocycles. The van der Waals surface area contributed by atoms with Crippen LogP contribution in [0.25, 0.3) is 0 Å². The molecule has 2 rings (SSSR count). The molecule has 6 heteroatoms. The molecule has 1 aromatic carbocycles. The first-order chi connectivity index (χ1) is 9.47. The van der Waals surface area contributed by atoms with E-state index in [9.17, 15) is 13.6 Å². The van der Waals surface area contributed by atoms with Crippen LogP contribution in [-0.4, -0.2) is 17.9 Å². The van der Waals surface area contributed by atoms with Crippen molar-refractivity contribution in [1.29, 1.82) is 0 Å². The Bertz CT molecular complexity index is 629. The molecule has 0 spiro atoms. The number of nitrogens with zero attached hydrogens (tertiary/aromatic N) is 1. The first kappa shape index (κ1) is 15.1. The number of rotatable bonds is 4. The van der Waals surface area contributed by atoms with Crippen LogP contribution < -0.4 is 0 Å². The highest BCUT2D eigenvalue weighted by molar-refractivity contribution is 9.10. The van der Waals surface area contributed by atoms with Crippen molar-refractivity contribution in [3.05, 3.63) is 56.2 Å². The third-order valence-electron chi connectivity index (χ3n) is 2.81. The third kappa shape index (κ3) is 3.64. The summed E-state index contributed by atoms with van der Waals surface area (Å²) in [5.41, 5.74) is 0.0780. The number of halogens is 3. The van der Waals surface area contributed by atoms with Crippen molar-refractivity contribution in [2.75, 3.05) is 7.05 Å². The average Bonchev–Trinajstić information content (AvgIpc) is 2.80. The lowest BCUT2D eigenvalue weighted by molar-refractivity contribution is -0.129. The topological polar surface area (TPSA) is 20.3 Å². The minimum Gasteiger partial charge on any atom is -0.340 e. The second-order valence-corrected chi connectivity index (χ2v) is 6.28. The fraction of sp³-hybridized carbons (Fsp3) is 0.214. The van der Waals surface area contributed by atoms with E-state index in [-0.39, 0.29) is 17.9 Å². The summed E-state index contributed by atoms with van der Waals surface area (Å²) >= 11 is 4.88. The van der Waals surface area contributed by atoms with E-state index < -0.39 is 11.6 Å². The highest BCUT2D eigenvalue weighted by atomic mass is 79.9. The molecule has 0 fully saturated rings. The molecule has 20 heavy (non-hydrogen) atoms. The van der Waals surface area contributed by atoms with E-state index in [0.29, 0.717) is 6.54 Å². The highest BCUT2D eigenvalue weighted by Gasteiger charge is 2.15. The number of benzene rings is 1. The zero-order valence-corrected chi connectivity index (χ0v) is 13.1. The highest BCUT2D eigenvalue weighted by Crippen LogP contribution is 2.21. The van der Waals surface area contributed by atoms with Gasteiger partial charge in [-0.15, -0.1) is 11.3 Å². The van der Waals surface area contributed by atoms with E-state index in [1.165, 1.54) is 28.4 Å². The van der Waals surface area contributed by atoms with Crippen LogP contribution in [0.1, 0.15) is 10.4 Å². The van der Waals surface area contributed by atoms with Gasteiger partial charge in [0.1, 0.15) is 0 Å². The molecular formula is C14H12BrF2NOS. The molecule has 0 saturated heterocycles. The van der Waals surface area contributed by atoms with Gasteiger partial charge < -0.3 is 4.90 Å². The van der Waals surface area contributed by atoms with Gasteiger partial charge in [-0.05, 0) is 28.1 Å². The van der Waals surface area contributed by atoms with E-state index >= 15 is 0 Å². The number of carbonyl (C=O) groups excluding carboxylic acids is 1. The molecular weight excluding hydrogens is 348 g/mol. The Morgan fingerprint density at radius 1 is 1.40 bits per heavy atom. The minimum atomic E-state index is -0.951. The fourth-order valence-corrected chi connectivity index (χ4v) is 3.24. The second-order valence-electron chi connectivity index (χ2n) is 4.37. The summed E-state index contributed by atoms with van der Waals surface area (Å²) in [6.07, 6.45) is -0.146. The van der Waals surface area contributed by atoms with Crippen LogP contribution in [0.4, 0.5) is 8.78 Å². The molecule has 0 unspecified atom stereocenters. The molecule has 0 bridgehead atoms. The predicted octanol–water partition coefficient (Wildman–Crippen LogP) is 3.99. The fourth-order valence-electron chi connectivity index (χ4n) is 1.74. The van der Waals surface area contributed by atoms with Gasteiger partial charge in [-0.1, -0.05) is 12.1 Å². The summed E-state index contributed by atoms with van der Waals surface area (Å²) in [5, 5.41) is 1.93. The average molecular weight is 360 g/mol. The summed E-state index contributed by atoms with van der Waals surface area (Å²) in [5.74, 6) is -2.13. The SMILES string of the molecule is CN(Cc1cc(Br)cs1)C(=O)Cc1cccc(F)c1F. The van der Waals surface area contributed by atoms with Gasteiger partial charge in [-0.25, -0.2) is 8.78 Å². The molecule has 106 valence electrons. The zero-order valence-electron chi connectivity index (χ0n) is 10.7. The molecule has 0 radical (unpaired) electrons. The van der Waals surface area contributed by atoms with Gasteiger partial charge in [0.2, 0.25) is 5.91 Å². The van der Waals surface area contributed by atoms with E-state index in [1.807, 2.05) is 11.4 Å². The molecule has 0 saturated carbocycles. The lowest BCUT2D eigenvalue weighted by Crippen LogP contribution is -2.27. The van der Waals surface area contributed by atoms with Gasteiger partial charge in [0, 0.05) is 27.3 Å². The van der Waals surface area contributed by atoms with Crippen molar-refractivity contribution in [3.63, 3.8) is 0 Å². The van der Waals surface area contributed by atoms with Gasteiger partial charge >= 0.3 is 0 Å². The molecule has 1 aromatic heterocycles. The van der Waals surface area contributed by atoms with Gasteiger partial charge in [0.15, 0.2) is 11.6 Å². The summed E-state index contributed by atoms with van der Waals surface area (Å²) in [4.78, 5) is 14.5. The van der Waals surface area contributed by atoms with Gasteiger partial charge in [0.05, 0.1) is 13.0 Å². The van der Waals surface area contributed by atoms with Crippen LogP contribution in [0, 0.1) is 11.6 Å². The number of carbonyl (C=O) groups is 1. The summed E-state index contributed by atoms with van der Waals surface area (Å²) in [6, 6.07) is 5.79. The van der Waals surface area contributed by atoms with Crippen molar-refractivity contribution in [1.82, 2.24) is 4.90 Å². The first-order valence-corrected chi connectivity index (χ1v) is 7.54. The molecule has 0 atom stereocenters. The van der Waals surface area contributed by atoms with E-state index in [0.717, 1.165) is 15.4 Å². The van der Waals surface area contributed by atoms with E-state index in [4.69, 9.17) is 0 Å². The van der Waals surface area contributed by atoms with Crippen molar-refractivity contribution in [2.24, 2.45) is 0 Å². The minimum absolute atomic E-state index is 0.0780. The van der Waals surface area contributed by atoms with Crippen LogP contribution in [0.5, 0.6) is 0 Å². The number of hydrogen-bond acceptors (Lipinski definition) is 2. The summed E-state index contributed by atoms with van der Waals surface area (Å²) in [6.45, 7) is 0.450. The predicted molar refractivity (Wildman–Crippen MR) is 78.6 cm³/mol. The normalized spacial score (nSPS) is 10.6. The molecule has 2 nitrogen and oxygen atoms in total. The number of likely N-dealkylation sites (N-methyl/N-ethyl adjacent to an activating group) is 1. The first-order valence-electron chi connectivity index (χ1n) is 5.87. The van der Waals surface area contributed by atoms with Gasteiger partial charge in [0.25, 0.3) is 0 Å². The Morgan fingerprint density at radius 2 is 2.15 bits per heavy atom. The number of amides is 1. The van der Waals surface area contributed by atoms with Crippen LogP contribution in [0.3, 0.4) is 0 Å². The standard InChI is InChI=1S/C14H12BrF2NOS/c1-18(7-11-6-10(15)8-20-11)13(19)5-9-3-2-4-12(16)14(9)17/h2-4,6,8H,5,7H2,1H3. The smallest absolute Gasteiger partial charge is 0.227 e. The van der Waals surface area contributed by atoms with Crippen LogP contribution in [-0.2, 0) is 17.8 Å². The lowest BCUT2D eigenvalue weighted by Gasteiger charge is -2.16. The Kier molecular flexibility index (Phi) is 4.88. The van der Waals surface area contributed by atoms with Gasteiger partial charge in [-0.3, -0.25) is 4.79 Å². The van der Waals surface area contributed by atoms with Crippen LogP contribution in [0.2, 0.25) is 0 Å². The Morgan fingerprint density at radius 3 is 2.80 bits per heavy atom. The number of thiophene rings is 1. The van der Waals surface area contributed by atoms with Crippen molar-refractivity contribution in [3.8, 4) is 0 Å². The number of hydrogen-bond donors (Lipinski definition) is 0. The second kappa shape index (κ2) is 6.45. The monoisotopic (exact) mass is 359 g/mol. The molecule has 0 aliphatic carbocycles. The van der Waals surface area contributed by atoms with E-state index in [2.05, 4.69) is 15.9 Å². The third-order valence-corrected chi connectivity index (χ3v) is 4.50. The van der Waals surface area contributed by atoms with Gasteiger partial charge in [-0.2, -0.15) is 0 Å². The quantitative estimate of drug-likeness (QED) is 0.808. The summed E-state index contributed by atoms with van der Waals surface area (Å²) in [7, 11) is 1.65. The van der Waals surface area contributed by atoms with Crippen LogP contribution in [0.15, 0.2) is 34.1 Å². The Balaban J connectivity index is 2.02. The Labute approximate surface area is 128 Å². The Hall–Kier alpha value is -1.27. The van der Waals surface area contributed by atoms with Crippen molar-refractivity contribution in [2.45, 2.75) is 13.0 Å². The van der Waals surface area contributed by atoms with Crippen molar-refractivity contribution >= 4 is 33.2 Å². The largest absolute Gasteiger partial charge is 0.340 e. The molecule has 0 N–H and O–H groups in total. The maximum absolute atomic E-state index is 13.5. The maximum atomic E-state index is 13.5. The lowest BCUT2D eigenvalue weighted by atomic mass is 10.1. The molecule has 0 aliphatic heterocycles. The molecule has 2 aromatic rings. The zero-order chi connectivity index (χ0) is 14.7. The van der Waals surface area contributed by atoms with Crippen molar-refractivity contribution < 1.29 is 13.6 Å². The van der Waals surface area contributed by atoms with E-state index in [1.54, 1.807) is 7.05 Å². The maximum Gasteiger partial charge on any atom is 0.227 e. The molecule has 1 amide bonds.